The number of aliphatic imine (C=N–C) groups is 1. The maximum atomic E-state index is 14.6. The summed E-state index contributed by atoms with van der Waals surface area (Å²) in [6, 6.07) is 7.77. The number of amides is 1. The number of nitrogens with two attached hydrogens (primary N) is 1. The Morgan fingerprint density at radius 2 is 2.00 bits per heavy atom. The molecule has 3 N–H and O–H groups in total. The number of carbonyl (C=O) groups is 1. The van der Waals surface area contributed by atoms with E-state index in [0.717, 1.165) is 49.7 Å². The third-order valence-electron chi connectivity index (χ3n) is 6.72. The van der Waals surface area contributed by atoms with Gasteiger partial charge in [-0.25, -0.2) is 4.39 Å². The van der Waals surface area contributed by atoms with Crippen LogP contribution in [0.15, 0.2) is 41.5 Å². The Balaban J connectivity index is 1.62. The molecule has 0 unspecified atom stereocenters. The maximum absolute atomic E-state index is 14.6. The molecular formula is C26H28F2N4O2. The van der Waals surface area contributed by atoms with Crippen molar-refractivity contribution in [1.29, 1.82) is 0 Å². The topological polar surface area (TPSA) is 80.0 Å². The molecule has 0 bridgehead atoms. The van der Waals surface area contributed by atoms with Crippen molar-refractivity contribution in [1.82, 2.24) is 5.32 Å². The number of allylic oxidation sites excluding steroid dienone is 1. The van der Waals surface area contributed by atoms with Gasteiger partial charge < -0.3 is 20.7 Å². The number of nitrogens with zero attached hydrogens (tertiary/aromatic N) is 2. The zero-order valence-electron chi connectivity index (χ0n) is 19.1. The van der Waals surface area contributed by atoms with Gasteiger partial charge in [0.25, 0.3) is 0 Å². The van der Waals surface area contributed by atoms with Crippen LogP contribution in [0.25, 0.3) is 5.57 Å². The van der Waals surface area contributed by atoms with Crippen molar-refractivity contribution in [3.05, 3.63) is 59.3 Å². The summed E-state index contributed by atoms with van der Waals surface area (Å²) >= 11 is 0. The van der Waals surface area contributed by atoms with Crippen molar-refractivity contribution in [3.63, 3.8) is 0 Å². The number of rotatable bonds is 6. The Morgan fingerprint density at radius 1 is 1.21 bits per heavy atom. The number of nitrogens with one attached hydrogen (secondary N) is 1. The van der Waals surface area contributed by atoms with Gasteiger partial charge in [0.05, 0.1) is 11.7 Å². The lowest BCUT2D eigenvalue weighted by atomic mass is 9.91. The summed E-state index contributed by atoms with van der Waals surface area (Å²) in [4.78, 5) is 19.5. The van der Waals surface area contributed by atoms with Gasteiger partial charge in [-0.05, 0) is 56.9 Å². The first-order valence-electron chi connectivity index (χ1n) is 11.7. The first kappa shape index (κ1) is 22.5. The van der Waals surface area contributed by atoms with Crippen molar-refractivity contribution < 1.29 is 18.3 Å². The second kappa shape index (κ2) is 9.18. The Kier molecular flexibility index (Phi) is 6.08. The van der Waals surface area contributed by atoms with Gasteiger partial charge in [-0.15, -0.1) is 0 Å². The highest BCUT2D eigenvalue weighted by Crippen LogP contribution is 2.45. The number of fused-ring (bicyclic) bond motifs is 1. The van der Waals surface area contributed by atoms with E-state index in [1.807, 2.05) is 24.0 Å². The molecule has 1 saturated heterocycles. The van der Waals surface area contributed by atoms with Crippen LogP contribution < -0.4 is 20.7 Å². The highest BCUT2D eigenvalue weighted by molar-refractivity contribution is 6.11. The summed E-state index contributed by atoms with van der Waals surface area (Å²) in [5.41, 5.74) is 8.73. The molecule has 3 aliphatic rings. The van der Waals surface area contributed by atoms with E-state index in [9.17, 15) is 13.6 Å². The van der Waals surface area contributed by atoms with Crippen molar-refractivity contribution >= 4 is 23.4 Å². The summed E-state index contributed by atoms with van der Waals surface area (Å²) in [5, 5.41) is 3.17. The van der Waals surface area contributed by atoms with E-state index in [4.69, 9.17) is 10.5 Å². The van der Waals surface area contributed by atoms with E-state index in [1.54, 1.807) is 6.21 Å². The first-order chi connectivity index (χ1) is 16.5. The number of ether oxygens (including phenoxy) is 1. The van der Waals surface area contributed by atoms with Crippen LogP contribution in [0.4, 0.5) is 14.5 Å². The van der Waals surface area contributed by atoms with Crippen LogP contribution in [0.5, 0.6) is 11.5 Å². The monoisotopic (exact) mass is 466 g/mol. The second-order valence-corrected chi connectivity index (χ2v) is 9.18. The standard InChI is InChI=1S/C26H28F2N4O2/c1-15-5-8-20-22(32(15)26(33)16-6-7-16)10-9-19(17(11-29)12-31-18-13-30-14-18)25(20)34-23-4-2-3-21(27)24(23)28/h2-4,9-12,15-16,18,30H,5-8,13-14,29H2,1H3/t15-/m0/s1. The van der Waals surface area contributed by atoms with E-state index in [-0.39, 0.29) is 29.7 Å². The largest absolute Gasteiger partial charge is 0.453 e. The van der Waals surface area contributed by atoms with Crippen molar-refractivity contribution in [2.24, 2.45) is 16.6 Å². The lowest BCUT2D eigenvalue weighted by molar-refractivity contribution is -0.120. The fourth-order valence-corrected chi connectivity index (χ4v) is 4.45. The molecule has 1 amide bonds. The molecule has 0 aromatic heterocycles. The lowest BCUT2D eigenvalue weighted by Crippen LogP contribution is -2.45. The van der Waals surface area contributed by atoms with Gasteiger partial charge in [-0.1, -0.05) is 6.07 Å². The molecule has 1 atom stereocenters. The Morgan fingerprint density at radius 3 is 2.68 bits per heavy atom. The Labute approximate surface area is 197 Å². The highest BCUT2D eigenvalue weighted by atomic mass is 19.2. The zero-order chi connectivity index (χ0) is 23.8. The van der Waals surface area contributed by atoms with E-state index < -0.39 is 11.6 Å². The lowest BCUT2D eigenvalue weighted by Gasteiger charge is -2.37. The number of hydrogen-bond acceptors (Lipinski definition) is 5. The van der Waals surface area contributed by atoms with Crippen molar-refractivity contribution in [3.8, 4) is 11.5 Å². The highest BCUT2D eigenvalue weighted by Gasteiger charge is 2.39. The molecule has 178 valence electrons. The summed E-state index contributed by atoms with van der Waals surface area (Å²) in [7, 11) is 0. The Bertz CT molecular complexity index is 1170. The minimum Gasteiger partial charge on any atom is -0.453 e. The van der Waals surface area contributed by atoms with Crippen molar-refractivity contribution in [2.45, 2.75) is 44.7 Å². The first-order valence-corrected chi connectivity index (χ1v) is 11.7. The molecule has 2 aliphatic heterocycles. The normalized spacial score (nSPS) is 20.9. The fourth-order valence-electron chi connectivity index (χ4n) is 4.45. The predicted octanol–water partition coefficient (Wildman–Crippen LogP) is 4.18. The Hall–Kier alpha value is -3.26. The van der Waals surface area contributed by atoms with E-state index in [1.165, 1.54) is 18.3 Å². The summed E-state index contributed by atoms with van der Waals surface area (Å²) < 4.78 is 34.6. The number of anilines is 1. The molecule has 34 heavy (non-hydrogen) atoms. The van der Waals surface area contributed by atoms with Crippen LogP contribution in [0, 0.1) is 17.6 Å². The van der Waals surface area contributed by atoms with E-state index in [0.29, 0.717) is 23.3 Å². The predicted molar refractivity (Wildman–Crippen MR) is 128 cm³/mol. The van der Waals surface area contributed by atoms with E-state index >= 15 is 0 Å². The van der Waals surface area contributed by atoms with Gasteiger partial charge in [0.1, 0.15) is 5.75 Å². The molecule has 5 rings (SSSR count). The van der Waals surface area contributed by atoms with Crippen LogP contribution in [0.1, 0.15) is 37.3 Å². The average molecular weight is 467 g/mol. The number of halogens is 2. The molecule has 2 heterocycles. The van der Waals surface area contributed by atoms with Crippen LogP contribution in [0.3, 0.4) is 0 Å². The molecule has 2 aromatic rings. The van der Waals surface area contributed by atoms with E-state index in [2.05, 4.69) is 10.3 Å². The molecule has 2 fully saturated rings. The average Bonchev–Trinajstić information content (AvgIpc) is 3.64. The molecule has 6 nitrogen and oxygen atoms in total. The third-order valence-corrected chi connectivity index (χ3v) is 6.72. The number of carbonyl (C=O) groups excluding carboxylic acids is 1. The smallest absolute Gasteiger partial charge is 0.230 e. The minimum absolute atomic E-state index is 0.0439. The third kappa shape index (κ3) is 4.18. The minimum atomic E-state index is -1.06. The second-order valence-electron chi connectivity index (χ2n) is 9.18. The number of hydrogen-bond donors (Lipinski definition) is 2. The molecule has 0 spiro atoms. The van der Waals surface area contributed by atoms with Crippen LogP contribution in [0.2, 0.25) is 0 Å². The molecule has 8 heteroatoms. The van der Waals surface area contributed by atoms with Gasteiger partial charge in [0.15, 0.2) is 11.6 Å². The summed E-state index contributed by atoms with van der Waals surface area (Å²) in [6.07, 6.45) is 6.30. The quantitative estimate of drug-likeness (QED) is 0.626. The summed E-state index contributed by atoms with van der Waals surface area (Å²) in [5.74, 6) is -1.73. The van der Waals surface area contributed by atoms with Crippen LogP contribution >= 0.6 is 0 Å². The SMILES string of the molecule is C[C@H]1CCc2c(ccc(C(C=NC3CNC3)=CN)c2Oc2cccc(F)c2F)N1C(=O)C1CC1. The summed E-state index contributed by atoms with van der Waals surface area (Å²) in [6.45, 7) is 3.63. The van der Waals surface area contributed by atoms with Crippen LogP contribution in [-0.4, -0.2) is 37.3 Å². The van der Waals surface area contributed by atoms with Crippen LogP contribution in [-0.2, 0) is 11.2 Å². The molecule has 1 saturated carbocycles. The van der Waals surface area contributed by atoms with Gasteiger partial charge >= 0.3 is 0 Å². The van der Waals surface area contributed by atoms with Gasteiger partial charge in [0, 0.05) is 54.2 Å². The zero-order valence-corrected chi connectivity index (χ0v) is 19.1. The molecular weight excluding hydrogens is 438 g/mol. The van der Waals surface area contributed by atoms with Gasteiger partial charge in [-0.3, -0.25) is 9.79 Å². The molecule has 2 aromatic carbocycles. The molecule has 1 aliphatic carbocycles. The molecule has 0 radical (unpaired) electrons. The van der Waals surface area contributed by atoms with Gasteiger partial charge in [0.2, 0.25) is 11.7 Å². The maximum Gasteiger partial charge on any atom is 0.230 e. The van der Waals surface area contributed by atoms with Gasteiger partial charge in [-0.2, -0.15) is 4.39 Å². The number of benzene rings is 2. The fraction of sp³-hybridized carbons (Fsp3) is 0.385. The van der Waals surface area contributed by atoms with Crippen molar-refractivity contribution in [2.75, 3.05) is 18.0 Å².